The van der Waals surface area contributed by atoms with Crippen LogP contribution in [0.3, 0.4) is 0 Å². The fourth-order valence-corrected chi connectivity index (χ4v) is 5.35. The summed E-state index contributed by atoms with van der Waals surface area (Å²) in [5.74, 6) is 1.53. The van der Waals surface area contributed by atoms with Crippen LogP contribution in [-0.4, -0.2) is 71.2 Å². The van der Waals surface area contributed by atoms with Crippen molar-refractivity contribution in [3.05, 3.63) is 65.7 Å². The van der Waals surface area contributed by atoms with Crippen LogP contribution < -0.4 is 25.6 Å². The Kier molecular flexibility index (Phi) is 7.01. The van der Waals surface area contributed by atoms with Crippen molar-refractivity contribution >= 4 is 40.5 Å². The highest BCUT2D eigenvalue weighted by molar-refractivity contribution is 6.04. The van der Waals surface area contributed by atoms with E-state index in [-0.39, 0.29) is 5.91 Å². The highest BCUT2D eigenvalue weighted by Crippen LogP contribution is 2.32. The van der Waals surface area contributed by atoms with E-state index in [1.807, 2.05) is 30.5 Å². The number of H-pyrrole nitrogens is 1. The number of piperidine rings is 1. The molecule has 4 N–H and O–H groups in total. The first-order valence-electron chi connectivity index (χ1n) is 13.3. The number of amides is 4. The number of nitrogens with one attached hydrogen (secondary N) is 4. The quantitative estimate of drug-likeness (QED) is 0.270. The van der Waals surface area contributed by atoms with Gasteiger partial charge >= 0.3 is 6.03 Å². The molecule has 13 nitrogen and oxygen atoms in total. The number of aromatic amines is 1. The smallest absolute Gasteiger partial charge is 0.322 e. The number of carbonyl (C=O) groups is 3. The van der Waals surface area contributed by atoms with Crippen LogP contribution in [0.4, 0.5) is 16.3 Å². The number of nitrogens with zero attached hydrogens (tertiary/aromatic N) is 4. The van der Waals surface area contributed by atoms with E-state index in [9.17, 15) is 14.4 Å². The largest absolute Gasteiger partial charge is 0.497 e. The van der Waals surface area contributed by atoms with Crippen molar-refractivity contribution < 1.29 is 23.5 Å². The Hall–Kier alpha value is -4.91. The molecule has 1 aromatic carbocycles. The number of fused-ring (bicyclic) bond motifs is 2. The summed E-state index contributed by atoms with van der Waals surface area (Å²) in [5.41, 5.74) is 3.98. The van der Waals surface area contributed by atoms with E-state index in [0.29, 0.717) is 29.4 Å². The van der Waals surface area contributed by atoms with Crippen molar-refractivity contribution in [3.63, 3.8) is 0 Å². The molecule has 212 valence electrons. The Labute approximate surface area is 235 Å². The lowest BCUT2D eigenvalue weighted by molar-refractivity contribution is -0.120. The average Bonchev–Trinajstić information content (AvgIpc) is 3.77. The highest BCUT2D eigenvalue weighted by Gasteiger charge is 2.34. The Morgan fingerprint density at radius 1 is 1.10 bits per heavy atom. The van der Waals surface area contributed by atoms with Crippen LogP contribution in [0.15, 0.2) is 53.2 Å². The lowest BCUT2D eigenvalue weighted by Gasteiger charge is -2.34. The molecule has 3 aromatic heterocycles. The zero-order chi connectivity index (χ0) is 28.5. The van der Waals surface area contributed by atoms with Gasteiger partial charge in [-0.05, 0) is 55.8 Å². The predicted octanol–water partition coefficient (Wildman–Crippen LogP) is 2.60. The summed E-state index contributed by atoms with van der Waals surface area (Å²) in [6.07, 6.45) is 5.63. The number of furan rings is 1. The van der Waals surface area contributed by atoms with E-state index in [1.54, 1.807) is 37.4 Å². The van der Waals surface area contributed by atoms with Crippen LogP contribution in [0.5, 0.6) is 5.75 Å². The molecule has 0 bridgehead atoms. The molecule has 6 heterocycles. The van der Waals surface area contributed by atoms with Crippen LogP contribution in [0.25, 0.3) is 11.1 Å². The first-order chi connectivity index (χ1) is 19.9. The van der Waals surface area contributed by atoms with Crippen molar-refractivity contribution in [2.24, 2.45) is 0 Å². The van der Waals surface area contributed by atoms with Crippen molar-refractivity contribution in [1.29, 1.82) is 0 Å². The number of carbonyl (C=O) groups excluding carboxylic acids is 3. The molecule has 2 fully saturated rings. The topological polar surface area (TPSA) is 158 Å². The second kappa shape index (κ2) is 10.9. The van der Waals surface area contributed by atoms with Gasteiger partial charge in [0.25, 0.3) is 11.8 Å². The Bertz CT molecular complexity index is 1590. The summed E-state index contributed by atoms with van der Waals surface area (Å²) >= 11 is 0. The van der Waals surface area contributed by atoms with Crippen molar-refractivity contribution in [3.8, 4) is 5.75 Å². The van der Waals surface area contributed by atoms with Crippen molar-refractivity contribution in [2.45, 2.75) is 31.5 Å². The molecule has 3 aliphatic heterocycles. The number of methoxy groups -OCH3 is 1. The lowest BCUT2D eigenvalue weighted by atomic mass is 10.0. The molecule has 1 atom stereocenters. The van der Waals surface area contributed by atoms with Crippen LogP contribution >= 0.6 is 0 Å². The number of anilines is 2. The second-order valence-corrected chi connectivity index (χ2v) is 10.1. The molecule has 0 spiro atoms. The van der Waals surface area contributed by atoms with E-state index >= 15 is 0 Å². The summed E-state index contributed by atoms with van der Waals surface area (Å²) in [7, 11) is 3.40. The highest BCUT2D eigenvalue weighted by atomic mass is 16.5. The summed E-state index contributed by atoms with van der Waals surface area (Å²) < 4.78 is 10.8. The van der Waals surface area contributed by atoms with Gasteiger partial charge in [-0.1, -0.05) is 6.07 Å². The second-order valence-electron chi connectivity index (χ2n) is 10.1. The average molecular weight is 559 g/mol. The molecule has 0 saturated carbocycles. The zero-order valence-corrected chi connectivity index (χ0v) is 22.6. The van der Waals surface area contributed by atoms with Gasteiger partial charge in [-0.25, -0.2) is 9.78 Å². The maximum absolute atomic E-state index is 11.9. The molecule has 4 aromatic rings. The monoisotopic (exact) mass is 558 g/mol. The maximum Gasteiger partial charge on any atom is 0.322 e. The Morgan fingerprint density at radius 3 is 2.63 bits per heavy atom. The molecule has 13 heteroatoms. The van der Waals surface area contributed by atoms with E-state index in [0.717, 1.165) is 54.3 Å². The molecule has 0 aliphatic carbocycles. The molecule has 41 heavy (non-hydrogen) atoms. The van der Waals surface area contributed by atoms with Crippen molar-refractivity contribution in [1.82, 2.24) is 36.0 Å². The van der Waals surface area contributed by atoms with Gasteiger partial charge in [0.05, 0.1) is 19.0 Å². The summed E-state index contributed by atoms with van der Waals surface area (Å²) in [5, 5.41) is 15.1. The number of benzene rings is 1. The summed E-state index contributed by atoms with van der Waals surface area (Å²) in [6.45, 7) is 2.61. The minimum atomic E-state index is -0.834. The van der Waals surface area contributed by atoms with Crippen LogP contribution in [0, 0.1) is 0 Å². The van der Waals surface area contributed by atoms with E-state index in [4.69, 9.17) is 14.1 Å². The predicted molar refractivity (Wildman–Crippen MR) is 149 cm³/mol. The number of urea groups is 1. The molecule has 4 amide bonds. The number of hydrogen-bond acceptors (Lipinski definition) is 9. The van der Waals surface area contributed by atoms with Crippen LogP contribution in [0.1, 0.15) is 40.6 Å². The zero-order valence-electron chi connectivity index (χ0n) is 22.6. The van der Waals surface area contributed by atoms with E-state index < -0.39 is 18.0 Å². The van der Waals surface area contributed by atoms with Crippen LogP contribution in [0.2, 0.25) is 0 Å². The first kappa shape index (κ1) is 26.3. The normalized spacial score (nSPS) is 18.5. The number of aromatic nitrogens is 3. The van der Waals surface area contributed by atoms with Gasteiger partial charge in [-0.15, -0.1) is 0 Å². The molecular weight excluding hydrogens is 528 g/mol. The third-order valence-corrected chi connectivity index (χ3v) is 7.42. The van der Waals surface area contributed by atoms with E-state index in [2.05, 4.69) is 31.0 Å². The molecule has 2 saturated heterocycles. The fourth-order valence-electron chi connectivity index (χ4n) is 5.35. The van der Waals surface area contributed by atoms with Gasteiger partial charge in [0.2, 0.25) is 0 Å². The Morgan fingerprint density at radius 2 is 1.93 bits per heavy atom. The fraction of sp³-hybridized carbons (Fsp3) is 0.321. The van der Waals surface area contributed by atoms with Gasteiger partial charge < -0.3 is 29.6 Å². The van der Waals surface area contributed by atoms with Gasteiger partial charge in [-0.2, -0.15) is 5.10 Å². The molecule has 7 rings (SSSR count). The minimum absolute atomic E-state index is 0.0777. The molecule has 1 unspecified atom stereocenters. The molecular formula is C28H30N8O5. The number of pyridine rings is 1. The van der Waals surface area contributed by atoms with Gasteiger partial charge in [0, 0.05) is 37.5 Å². The third kappa shape index (κ3) is 5.18. The Balaban J connectivity index is 0.000000195. The number of rotatable bonds is 5. The molecule has 3 aliphatic rings. The number of ether oxygens (including phenoxy) is 1. The summed E-state index contributed by atoms with van der Waals surface area (Å²) in [4.78, 5) is 43.5. The summed E-state index contributed by atoms with van der Waals surface area (Å²) in [6, 6.07) is 9.99. The number of hydrogen-bond donors (Lipinski definition) is 4. The molecule has 0 radical (unpaired) electrons. The lowest BCUT2D eigenvalue weighted by Crippen LogP contribution is -2.41. The first-order valence-corrected chi connectivity index (χ1v) is 13.3. The van der Waals surface area contributed by atoms with E-state index in [1.165, 1.54) is 0 Å². The minimum Gasteiger partial charge on any atom is -0.497 e. The van der Waals surface area contributed by atoms with Gasteiger partial charge in [-0.3, -0.25) is 20.0 Å². The van der Waals surface area contributed by atoms with Gasteiger partial charge in [0.1, 0.15) is 22.8 Å². The standard InChI is InChI=1S/C18H19N7O3.C10H11NO2/c26-17-16(23-18(27)24-17)14-7-12-13(28-14)1-2-15(22-12)25(11-8-20-21-9-11)10-3-5-19-6-4-10;1-11-6-7-3-4-8(13-2)5-9(7)10(11)12/h1-2,7-10,16,19H,3-6H2,(H,20,21)(H2,23,24,26,27);3-5H,6H2,1-2H3. The SMILES string of the molecule is COc1ccc2c(c1)C(=O)N(C)C2.O=C1NC(=O)C(c2cc3nc(N(c4cn[nH]c4)C4CCNCC4)ccc3o2)N1. The maximum atomic E-state index is 11.9. The third-order valence-electron chi connectivity index (χ3n) is 7.42. The number of imide groups is 1. The van der Waals surface area contributed by atoms with Gasteiger partial charge in [0.15, 0.2) is 11.6 Å². The van der Waals surface area contributed by atoms with Crippen LogP contribution in [-0.2, 0) is 11.3 Å². The van der Waals surface area contributed by atoms with Crippen molar-refractivity contribution in [2.75, 3.05) is 32.1 Å².